The van der Waals surface area contributed by atoms with Gasteiger partial charge in [0.15, 0.2) is 0 Å². The molecule has 2 heterocycles. The molecule has 11 heteroatoms. The smallest absolute Gasteiger partial charge is 0.244 e. The van der Waals surface area contributed by atoms with Crippen molar-refractivity contribution in [1.29, 1.82) is 0 Å². The van der Waals surface area contributed by atoms with E-state index in [-0.39, 0.29) is 11.4 Å². The Morgan fingerprint density at radius 2 is 1.94 bits per heavy atom. The Bertz CT molecular complexity index is 1150. The number of carbonyl (C=O) groups is 1. The average Bonchev–Trinajstić information content (AvgIpc) is 3.43. The van der Waals surface area contributed by atoms with Crippen molar-refractivity contribution in [3.05, 3.63) is 66.0 Å². The lowest BCUT2D eigenvalue weighted by molar-refractivity contribution is -0.119. The van der Waals surface area contributed by atoms with Crippen LogP contribution in [0.3, 0.4) is 0 Å². The van der Waals surface area contributed by atoms with Gasteiger partial charge in [0.05, 0.1) is 4.90 Å². The van der Waals surface area contributed by atoms with Crippen LogP contribution in [0, 0.1) is 5.82 Å². The molecule has 0 bridgehead atoms. The van der Waals surface area contributed by atoms with E-state index >= 15 is 0 Å². The summed E-state index contributed by atoms with van der Waals surface area (Å²) in [5.41, 5.74) is 1.14. The second-order valence-electron chi connectivity index (χ2n) is 6.87. The van der Waals surface area contributed by atoms with Gasteiger partial charge in [-0.05, 0) is 42.7 Å². The maximum Gasteiger partial charge on any atom is 0.244 e. The number of aromatic nitrogens is 2. The van der Waals surface area contributed by atoms with E-state index in [1.165, 1.54) is 28.2 Å². The van der Waals surface area contributed by atoms with Crippen molar-refractivity contribution < 1.29 is 17.6 Å². The lowest BCUT2D eigenvalue weighted by atomic mass is 10.2. The van der Waals surface area contributed by atoms with Crippen molar-refractivity contribution in [1.82, 2.24) is 13.7 Å². The first kappa shape index (κ1) is 21.9. The van der Waals surface area contributed by atoms with Crippen LogP contribution in [-0.2, 0) is 20.6 Å². The lowest BCUT2D eigenvalue weighted by Crippen LogP contribution is -2.43. The fourth-order valence-electron chi connectivity index (χ4n) is 3.26. The molecule has 1 aromatic heterocycles. The van der Waals surface area contributed by atoms with Gasteiger partial charge in [-0.15, -0.1) is 0 Å². The standard InChI is InChI=1S/C20H19FN4O3S3/c21-15-8-10-16(11-9-15)31(27,28)25-12-4-7-17(25)18(26)22-19-23-20(24-30-19)29-13-14-5-2-1-3-6-14/h1-3,5-6,8-11,17H,4,7,12-13H2,(H,22,23,24,26)/t17-/m0/s1. The highest BCUT2D eigenvalue weighted by Crippen LogP contribution is 2.28. The molecule has 3 aromatic rings. The van der Waals surface area contributed by atoms with Crippen LogP contribution < -0.4 is 5.32 Å². The van der Waals surface area contributed by atoms with Crippen LogP contribution in [-0.4, -0.2) is 40.6 Å². The summed E-state index contributed by atoms with van der Waals surface area (Å²) in [5.74, 6) is -0.261. The molecule has 2 aromatic carbocycles. The summed E-state index contributed by atoms with van der Waals surface area (Å²) in [5, 5.41) is 3.56. The molecule has 1 saturated heterocycles. The van der Waals surface area contributed by atoms with E-state index in [0.29, 0.717) is 28.9 Å². The van der Waals surface area contributed by atoms with Crippen LogP contribution in [0.1, 0.15) is 18.4 Å². The first-order valence-electron chi connectivity index (χ1n) is 9.52. The molecule has 0 aliphatic carbocycles. The van der Waals surface area contributed by atoms with E-state index in [0.717, 1.165) is 29.2 Å². The summed E-state index contributed by atoms with van der Waals surface area (Å²) in [6, 6.07) is 13.6. The SMILES string of the molecule is O=C(Nc1nc(SCc2ccccc2)ns1)[C@@H]1CCCN1S(=O)(=O)c1ccc(F)cc1. The van der Waals surface area contributed by atoms with Gasteiger partial charge in [-0.1, -0.05) is 42.1 Å². The minimum Gasteiger partial charge on any atom is -0.299 e. The van der Waals surface area contributed by atoms with Crippen molar-refractivity contribution in [2.45, 2.75) is 34.7 Å². The zero-order chi connectivity index (χ0) is 21.8. The summed E-state index contributed by atoms with van der Waals surface area (Å²) in [4.78, 5) is 17.1. The van der Waals surface area contributed by atoms with Crippen LogP contribution in [0.2, 0.25) is 0 Å². The molecule has 0 spiro atoms. The van der Waals surface area contributed by atoms with Gasteiger partial charge < -0.3 is 0 Å². The molecule has 0 saturated carbocycles. The predicted octanol–water partition coefficient (Wildman–Crippen LogP) is 3.76. The summed E-state index contributed by atoms with van der Waals surface area (Å²) in [7, 11) is -3.91. The molecule has 4 rings (SSSR count). The molecule has 1 fully saturated rings. The lowest BCUT2D eigenvalue weighted by Gasteiger charge is -2.22. The number of benzene rings is 2. The Balaban J connectivity index is 1.41. The van der Waals surface area contributed by atoms with Crippen LogP contribution in [0.5, 0.6) is 0 Å². The van der Waals surface area contributed by atoms with Gasteiger partial charge in [-0.25, -0.2) is 12.8 Å². The average molecular weight is 479 g/mol. The largest absolute Gasteiger partial charge is 0.299 e. The van der Waals surface area contributed by atoms with E-state index in [4.69, 9.17) is 0 Å². The highest BCUT2D eigenvalue weighted by Gasteiger charge is 2.39. The summed E-state index contributed by atoms with van der Waals surface area (Å²) >= 11 is 2.51. The molecular weight excluding hydrogens is 459 g/mol. The van der Waals surface area contributed by atoms with Gasteiger partial charge >= 0.3 is 0 Å². The van der Waals surface area contributed by atoms with Crippen molar-refractivity contribution in [3.63, 3.8) is 0 Å². The third kappa shape index (κ3) is 5.12. The molecule has 7 nitrogen and oxygen atoms in total. The number of thioether (sulfide) groups is 1. The van der Waals surface area contributed by atoms with E-state index in [9.17, 15) is 17.6 Å². The van der Waals surface area contributed by atoms with Gasteiger partial charge in [0.1, 0.15) is 11.9 Å². The number of nitrogens with one attached hydrogen (secondary N) is 1. The van der Waals surface area contributed by atoms with E-state index in [2.05, 4.69) is 14.7 Å². The Labute approximate surface area is 187 Å². The van der Waals surface area contributed by atoms with E-state index < -0.39 is 27.8 Å². The van der Waals surface area contributed by atoms with E-state index in [1.54, 1.807) is 0 Å². The predicted molar refractivity (Wildman–Crippen MR) is 118 cm³/mol. The monoisotopic (exact) mass is 478 g/mol. The molecule has 1 amide bonds. The normalized spacial score (nSPS) is 17.0. The quantitative estimate of drug-likeness (QED) is 0.520. The molecule has 162 valence electrons. The Hall–Kier alpha value is -2.34. The van der Waals surface area contributed by atoms with Crippen molar-refractivity contribution in [2.75, 3.05) is 11.9 Å². The second kappa shape index (κ2) is 9.43. The van der Waals surface area contributed by atoms with Crippen LogP contribution in [0.25, 0.3) is 0 Å². The highest BCUT2D eigenvalue weighted by atomic mass is 32.2. The molecule has 1 aliphatic heterocycles. The third-order valence-electron chi connectivity index (χ3n) is 4.77. The summed E-state index contributed by atoms with van der Waals surface area (Å²) in [6.45, 7) is 0.228. The summed E-state index contributed by atoms with van der Waals surface area (Å²) in [6.07, 6.45) is 0.966. The summed E-state index contributed by atoms with van der Waals surface area (Å²) < 4.78 is 44.4. The molecule has 1 aliphatic rings. The molecule has 1 N–H and O–H groups in total. The molecular formula is C20H19FN4O3S3. The maximum absolute atomic E-state index is 13.2. The Morgan fingerprint density at radius 3 is 2.68 bits per heavy atom. The number of carbonyl (C=O) groups excluding carboxylic acids is 1. The zero-order valence-corrected chi connectivity index (χ0v) is 18.7. The Morgan fingerprint density at radius 1 is 1.19 bits per heavy atom. The van der Waals surface area contributed by atoms with Crippen LogP contribution in [0.15, 0.2) is 64.6 Å². The number of nitrogens with zero attached hydrogens (tertiary/aromatic N) is 3. The van der Waals surface area contributed by atoms with Gasteiger partial charge in [0, 0.05) is 23.8 Å². The number of anilines is 1. The van der Waals surface area contributed by atoms with Gasteiger partial charge in [-0.2, -0.15) is 13.7 Å². The van der Waals surface area contributed by atoms with Gasteiger partial charge in [0.25, 0.3) is 0 Å². The molecule has 0 unspecified atom stereocenters. The second-order valence-corrected chi connectivity index (χ2v) is 10.5. The van der Waals surface area contributed by atoms with Crippen LogP contribution >= 0.6 is 23.3 Å². The van der Waals surface area contributed by atoms with Crippen molar-refractivity contribution in [2.24, 2.45) is 0 Å². The van der Waals surface area contributed by atoms with Gasteiger partial charge in [0.2, 0.25) is 26.2 Å². The maximum atomic E-state index is 13.2. The van der Waals surface area contributed by atoms with Crippen molar-refractivity contribution in [3.8, 4) is 0 Å². The minimum absolute atomic E-state index is 0.0379. The molecule has 0 radical (unpaired) electrons. The Kier molecular flexibility index (Phi) is 6.65. The number of hydrogen-bond acceptors (Lipinski definition) is 7. The third-order valence-corrected chi connectivity index (χ3v) is 8.36. The zero-order valence-electron chi connectivity index (χ0n) is 16.3. The molecule has 31 heavy (non-hydrogen) atoms. The minimum atomic E-state index is -3.91. The van der Waals surface area contributed by atoms with Crippen molar-refractivity contribution >= 4 is 44.4 Å². The first-order chi connectivity index (χ1) is 14.9. The highest BCUT2D eigenvalue weighted by molar-refractivity contribution is 7.98. The van der Waals surface area contributed by atoms with E-state index in [1.807, 2.05) is 30.3 Å². The number of halogens is 1. The number of amides is 1. The fraction of sp³-hybridized carbons (Fsp3) is 0.250. The number of rotatable bonds is 7. The first-order valence-corrected chi connectivity index (χ1v) is 12.7. The van der Waals surface area contributed by atoms with Gasteiger partial charge in [-0.3, -0.25) is 10.1 Å². The molecule has 1 atom stereocenters. The van der Waals surface area contributed by atoms with Crippen LogP contribution in [0.4, 0.5) is 9.52 Å². The topological polar surface area (TPSA) is 92.3 Å². The number of sulfonamides is 1. The number of hydrogen-bond donors (Lipinski definition) is 1. The fourth-order valence-corrected chi connectivity index (χ4v) is 6.42.